The molecule has 0 atom stereocenters. The highest BCUT2D eigenvalue weighted by Gasteiger charge is 2.12. The van der Waals surface area contributed by atoms with Crippen molar-refractivity contribution in [2.75, 3.05) is 0 Å². The second-order valence-electron chi connectivity index (χ2n) is 6.06. The van der Waals surface area contributed by atoms with Gasteiger partial charge in [-0.2, -0.15) is 4.98 Å². The Morgan fingerprint density at radius 3 is 2.55 bits per heavy atom. The first-order valence-corrected chi connectivity index (χ1v) is 9.93. The summed E-state index contributed by atoms with van der Waals surface area (Å²) in [6, 6.07) is 13.8. The quantitative estimate of drug-likeness (QED) is 0.385. The average molecular weight is 412 g/mol. The number of ether oxygens (including phenoxy) is 1. The van der Waals surface area contributed by atoms with Crippen molar-refractivity contribution in [2.24, 2.45) is 0 Å². The van der Waals surface area contributed by atoms with E-state index >= 15 is 0 Å². The molecular formula is C20H17FN4O3S. The van der Waals surface area contributed by atoms with Gasteiger partial charge in [0.25, 0.3) is 11.1 Å². The lowest BCUT2D eigenvalue weighted by Gasteiger charge is -2.01. The molecule has 2 aromatic carbocycles. The number of aryl methyl sites for hydroxylation is 1. The molecule has 0 aliphatic heterocycles. The average Bonchev–Trinajstić information content (AvgIpc) is 3.41. The van der Waals surface area contributed by atoms with Crippen molar-refractivity contribution < 1.29 is 18.1 Å². The number of hydrogen-bond donors (Lipinski definition) is 0. The molecule has 0 saturated carbocycles. The first kappa shape index (κ1) is 19.1. The minimum absolute atomic E-state index is 0.0949. The summed E-state index contributed by atoms with van der Waals surface area (Å²) in [7, 11) is 0. The first-order chi connectivity index (χ1) is 14.2. The van der Waals surface area contributed by atoms with Crippen molar-refractivity contribution in [1.82, 2.24) is 20.3 Å². The predicted octanol–water partition coefficient (Wildman–Crippen LogP) is 4.69. The van der Waals surface area contributed by atoms with Gasteiger partial charge in [-0.05, 0) is 36.2 Å². The number of hydrogen-bond acceptors (Lipinski definition) is 8. The number of rotatable bonds is 8. The first-order valence-electron chi connectivity index (χ1n) is 8.95. The smallest absolute Gasteiger partial charge is 0.277 e. The van der Waals surface area contributed by atoms with Crippen LogP contribution in [0.5, 0.6) is 5.75 Å². The van der Waals surface area contributed by atoms with Crippen LogP contribution in [0.25, 0.3) is 11.4 Å². The summed E-state index contributed by atoms with van der Waals surface area (Å²) in [5.41, 5.74) is 2.16. The molecular weight excluding hydrogens is 395 g/mol. The zero-order valence-corrected chi connectivity index (χ0v) is 16.4. The van der Waals surface area contributed by atoms with Gasteiger partial charge in [0.1, 0.15) is 11.6 Å². The molecule has 0 aliphatic rings. The molecule has 9 heteroatoms. The Labute approximate surface area is 170 Å². The molecule has 148 valence electrons. The highest BCUT2D eigenvalue weighted by atomic mass is 32.2. The van der Waals surface area contributed by atoms with Crippen LogP contribution in [-0.2, 0) is 18.8 Å². The van der Waals surface area contributed by atoms with E-state index in [0.717, 1.165) is 12.0 Å². The molecule has 0 unspecified atom stereocenters. The molecule has 0 amide bonds. The van der Waals surface area contributed by atoms with Gasteiger partial charge in [0, 0.05) is 5.56 Å². The molecule has 4 aromatic rings. The number of halogens is 1. The number of benzene rings is 2. The molecule has 2 heterocycles. The molecule has 0 fully saturated rings. The summed E-state index contributed by atoms with van der Waals surface area (Å²) >= 11 is 1.29. The summed E-state index contributed by atoms with van der Waals surface area (Å²) in [6.07, 6.45) is 0.982. The molecule has 0 N–H and O–H groups in total. The molecule has 0 saturated heterocycles. The molecule has 29 heavy (non-hydrogen) atoms. The Balaban J connectivity index is 1.30. The molecule has 0 radical (unpaired) electrons. The largest absolute Gasteiger partial charge is 0.484 e. The second kappa shape index (κ2) is 8.87. The molecule has 4 rings (SSSR count). The molecule has 0 aliphatic carbocycles. The monoisotopic (exact) mass is 412 g/mol. The van der Waals surface area contributed by atoms with Crippen molar-refractivity contribution in [3.8, 4) is 17.1 Å². The van der Waals surface area contributed by atoms with Crippen LogP contribution in [0.15, 0.2) is 62.7 Å². The van der Waals surface area contributed by atoms with Crippen molar-refractivity contribution in [1.29, 1.82) is 0 Å². The van der Waals surface area contributed by atoms with Gasteiger partial charge in [-0.1, -0.05) is 48.1 Å². The molecule has 2 aromatic heterocycles. The van der Waals surface area contributed by atoms with Gasteiger partial charge >= 0.3 is 0 Å². The fraction of sp³-hybridized carbons (Fsp3) is 0.200. The van der Waals surface area contributed by atoms with Gasteiger partial charge < -0.3 is 13.7 Å². The van der Waals surface area contributed by atoms with Gasteiger partial charge in [-0.25, -0.2) is 4.39 Å². The van der Waals surface area contributed by atoms with Crippen LogP contribution in [0.3, 0.4) is 0 Å². The molecule has 0 spiro atoms. The maximum Gasteiger partial charge on any atom is 0.277 e. The summed E-state index contributed by atoms with van der Waals surface area (Å²) in [6.45, 7) is 2.20. The Morgan fingerprint density at radius 1 is 1.00 bits per heavy atom. The van der Waals surface area contributed by atoms with E-state index in [0.29, 0.717) is 34.3 Å². The number of nitrogens with zero attached hydrogens (tertiary/aromatic N) is 4. The van der Waals surface area contributed by atoms with Gasteiger partial charge in [0.05, 0.1) is 5.75 Å². The highest BCUT2D eigenvalue weighted by Crippen LogP contribution is 2.23. The van der Waals surface area contributed by atoms with E-state index in [9.17, 15) is 4.39 Å². The summed E-state index contributed by atoms with van der Waals surface area (Å²) in [4.78, 5) is 4.40. The Morgan fingerprint density at radius 2 is 1.79 bits per heavy atom. The fourth-order valence-electron chi connectivity index (χ4n) is 2.47. The second-order valence-corrected chi connectivity index (χ2v) is 6.98. The fourth-order valence-corrected chi connectivity index (χ4v) is 3.09. The number of thioether (sulfide) groups is 1. The normalized spacial score (nSPS) is 11.0. The van der Waals surface area contributed by atoms with Gasteiger partial charge in [-0.3, -0.25) is 0 Å². The van der Waals surface area contributed by atoms with Crippen LogP contribution >= 0.6 is 11.8 Å². The maximum absolute atomic E-state index is 12.9. The van der Waals surface area contributed by atoms with E-state index in [1.54, 1.807) is 0 Å². The van der Waals surface area contributed by atoms with Gasteiger partial charge in [-0.15, -0.1) is 10.2 Å². The third kappa shape index (κ3) is 5.00. The lowest BCUT2D eigenvalue weighted by molar-refractivity contribution is 0.252. The summed E-state index contributed by atoms with van der Waals surface area (Å²) in [5.74, 6) is 1.92. The highest BCUT2D eigenvalue weighted by molar-refractivity contribution is 7.98. The lowest BCUT2D eigenvalue weighted by Crippen LogP contribution is -1.95. The van der Waals surface area contributed by atoms with Gasteiger partial charge in [0.15, 0.2) is 6.61 Å². The number of aromatic nitrogens is 4. The van der Waals surface area contributed by atoms with E-state index in [1.807, 2.05) is 24.3 Å². The maximum atomic E-state index is 12.9. The van der Waals surface area contributed by atoms with Crippen LogP contribution < -0.4 is 4.74 Å². The van der Waals surface area contributed by atoms with Crippen molar-refractivity contribution in [2.45, 2.75) is 30.9 Å². The Bertz CT molecular complexity index is 1060. The Kier molecular flexibility index (Phi) is 5.85. The van der Waals surface area contributed by atoms with E-state index in [4.69, 9.17) is 13.7 Å². The van der Waals surface area contributed by atoms with Crippen molar-refractivity contribution in [3.05, 3.63) is 71.7 Å². The zero-order chi connectivity index (χ0) is 20.1. The predicted molar refractivity (Wildman–Crippen MR) is 104 cm³/mol. The third-order valence-corrected chi connectivity index (χ3v) is 4.84. The van der Waals surface area contributed by atoms with Crippen molar-refractivity contribution >= 4 is 11.8 Å². The topological polar surface area (TPSA) is 87.1 Å². The van der Waals surface area contributed by atoms with E-state index in [1.165, 1.54) is 41.6 Å². The van der Waals surface area contributed by atoms with Crippen molar-refractivity contribution in [3.63, 3.8) is 0 Å². The van der Waals surface area contributed by atoms with Crippen LogP contribution in [0.1, 0.15) is 24.3 Å². The standard InChI is InChI=1S/C20H17FN4O3S/c1-2-13-3-5-14(6-4-13)19-22-18(28-25-19)12-29-20-24-23-17(27-20)11-26-16-9-7-15(21)8-10-16/h3-10H,2,11-12H2,1H3. The van der Waals surface area contributed by atoms with E-state index < -0.39 is 0 Å². The van der Waals surface area contributed by atoms with Crippen LogP contribution in [0, 0.1) is 5.82 Å². The summed E-state index contributed by atoms with van der Waals surface area (Å²) < 4.78 is 29.2. The molecule has 7 nitrogen and oxygen atoms in total. The minimum atomic E-state index is -0.323. The zero-order valence-electron chi connectivity index (χ0n) is 15.5. The van der Waals surface area contributed by atoms with Crippen LogP contribution in [-0.4, -0.2) is 20.3 Å². The Hall–Kier alpha value is -3.20. The SMILES string of the molecule is CCc1ccc(-c2noc(CSc3nnc(COc4ccc(F)cc4)o3)n2)cc1. The summed E-state index contributed by atoms with van der Waals surface area (Å²) in [5, 5.41) is 12.3. The molecule has 0 bridgehead atoms. The lowest BCUT2D eigenvalue weighted by atomic mass is 10.1. The van der Waals surface area contributed by atoms with Crippen LogP contribution in [0.4, 0.5) is 4.39 Å². The third-order valence-electron chi connectivity index (χ3n) is 4.03. The minimum Gasteiger partial charge on any atom is -0.484 e. The van der Waals surface area contributed by atoms with E-state index in [-0.39, 0.29) is 12.4 Å². The van der Waals surface area contributed by atoms with E-state index in [2.05, 4.69) is 27.3 Å². The van der Waals surface area contributed by atoms with Gasteiger partial charge in [0.2, 0.25) is 11.7 Å². The van der Waals surface area contributed by atoms with Crippen LogP contribution in [0.2, 0.25) is 0 Å².